The summed E-state index contributed by atoms with van der Waals surface area (Å²) in [5.41, 5.74) is 0.597. The number of hydrogen-bond acceptors (Lipinski definition) is 2. The summed E-state index contributed by atoms with van der Waals surface area (Å²) in [5.74, 6) is -2.79. The highest BCUT2D eigenvalue weighted by atomic mass is 19.1. The standard InChI is InChI=1S/C14H9FO4/c15-12-6-5-10(14(18)19)7-11(12)8-1-3-9(4-2-8)13(16)17/h1-7H,(H,16,17)(H,18,19). The summed E-state index contributed by atoms with van der Waals surface area (Å²) >= 11 is 0. The van der Waals surface area contributed by atoms with Gasteiger partial charge in [-0.3, -0.25) is 0 Å². The lowest BCUT2D eigenvalue weighted by Gasteiger charge is -2.05. The topological polar surface area (TPSA) is 74.6 Å². The quantitative estimate of drug-likeness (QED) is 0.889. The van der Waals surface area contributed by atoms with E-state index in [4.69, 9.17) is 10.2 Å². The van der Waals surface area contributed by atoms with Crippen LogP contribution in [0.5, 0.6) is 0 Å². The van der Waals surface area contributed by atoms with Crippen LogP contribution in [0.1, 0.15) is 20.7 Å². The zero-order valence-electron chi connectivity index (χ0n) is 9.63. The predicted molar refractivity (Wildman–Crippen MR) is 65.8 cm³/mol. The number of hydrogen-bond donors (Lipinski definition) is 2. The number of benzene rings is 2. The third kappa shape index (κ3) is 2.60. The second kappa shape index (κ2) is 4.89. The molecule has 19 heavy (non-hydrogen) atoms. The van der Waals surface area contributed by atoms with E-state index in [1.165, 1.54) is 36.4 Å². The van der Waals surface area contributed by atoms with Crippen molar-refractivity contribution in [2.24, 2.45) is 0 Å². The lowest BCUT2D eigenvalue weighted by Crippen LogP contribution is -1.98. The molecule has 2 rings (SSSR count). The molecule has 0 saturated heterocycles. The number of halogens is 1. The van der Waals surface area contributed by atoms with Crippen LogP contribution in [0.2, 0.25) is 0 Å². The van der Waals surface area contributed by atoms with Crippen molar-refractivity contribution in [1.29, 1.82) is 0 Å². The van der Waals surface area contributed by atoms with Crippen molar-refractivity contribution in [2.45, 2.75) is 0 Å². The van der Waals surface area contributed by atoms with Gasteiger partial charge in [0.1, 0.15) is 5.82 Å². The van der Waals surface area contributed by atoms with Gasteiger partial charge < -0.3 is 10.2 Å². The van der Waals surface area contributed by atoms with E-state index < -0.39 is 17.8 Å². The van der Waals surface area contributed by atoms with Crippen LogP contribution in [0.25, 0.3) is 11.1 Å². The van der Waals surface area contributed by atoms with E-state index >= 15 is 0 Å². The molecule has 0 aliphatic rings. The third-order valence-corrected chi connectivity index (χ3v) is 2.66. The molecular weight excluding hydrogens is 251 g/mol. The first kappa shape index (κ1) is 12.8. The molecule has 0 aromatic heterocycles. The number of carboxylic acids is 2. The van der Waals surface area contributed by atoms with Crippen LogP contribution in [-0.4, -0.2) is 22.2 Å². The maximum atomic E-state index is 13.7. The van der Waals surface area contributed by atoms with Crippen LogP contribution in [0.3, 0.4) is 0 Å². The number of rotatable bonds is 3. The first-order valence-corrected chi connectivity index (χ1v) is 5.35. The van der Waals surface area contributed by atoms with Crippen LogP contribution in [0.4, 0.5) is 4.39 Å². The summed E-state index contributed by atoms with van der Waals surface area (Å²) in [6.45, 7) is 0. The minimum atomic E-state index is -1.15. The van der Waals surface area contributed by atoms with Crippen molar-refractivity contribution in [3.05, 3.63) is 59.4 Å². The SMILES string of the molecule is O=C(O)c1ccc(-c2cc(C(=O)O)ccc2F)cc1. The van der Waals surface area contributed by atoms with Crippen LogP contribution in [0.15, 0.2) is 42.5 Å². The van der Waals surface area contributed by atoms with Crippen molar-refractivity contribution < 1.29 is 24.2 Å². The molecule has 2 N–H and O–H groups in total. The molecule has 96 valence electrons. The van der Waals surface area contributed by atoms with Gasteiger partial charge in [0.25, 0.3) is 0 Å². The highest BCUT2D eigenvalue weighted by Gasteiger charge is 2.11. The van der Waals surface area contributed by atoms with Gasteiger partial charge in [0.05, 0.1) is 11.1 Å². The van der Waals surface area contributed by atoms with Gasteiger partial charge in [0, 0.05) is 5.56 Å². The van der Waals surface area contributed by atoms with Gasteiger partial charge in [-0.2, -0.15) is 0 Å². The number of aromatic carboxylic acids is 2. The fraction of sp³-hybridized carbons (Fsp3) is 0. The Morgan fingerprint density at radius 2 is 1.37 bits per heavy atom. The minimum Gasteiger partial charge on any atom is -0.478 e. The molecule has 0 saturated carbocycles. The summed E-state index contributed by atoms with van der Waals surface area (Å²) < 4.78 is 13.7. The van der Waals surface area contributed by atoms with Gasteiger partial charge in [-0.15, -0.1) is 0 Å². The Bertz CT molecular complexity index is 647. The molecule has 0 radical (unpaired) electrons. The van der Waals surface area contributed by atoms with E-state index in [-0.39, 0.29) is 16.7 Å². The molecule has 0 heterocycles. The number of carbonyl (C=O) groups is 2. The van der Waals surface area contributed by atoms with Crippen molar-refractivity contribution in [2.75, 3.05) is 0 Å². The third-order valence-electron chi connectivity index (χ3n) is 2.66. The van der Waals surface area contributed by atoms with Gasteiger partial charge in [-0.25, -0.2) is 14.0 Å². The maximum absolute atomic E-state index is 13.7. The zero-order chi connectivity index (χ0) is 14.0. The van der Waals surface area contributed by atoms with E-state index in [1.807, 2.05) is 0 Å². The van der Waals surface area contributed by atoms with Gasteiger partial charge in [0.2, 0.25) is 0 Å². The van der Waals surface area contributed by atoms with Crippen molar-refractivity contribution in [3.8, 4) is 11.1 Å². The van der Waals surface area contributed by atoms with E-state index in [9.17, 15) is 14.0 Å². The van der Waals surface area contributed by atoms with Crippen LogP contribution in [-0.2, 0) is 0 Å². The summed E-state index contributed by atoms with van der Waals surface area (Å²) in [6.07, 6.45) is 0. The fourth-order valence-electron chi connectivity index (χ4n) is 1.67. The Labute approximate surface area is 107 Å². The Balaban J connectivity index is 2.48. The normalized spacial score (nSPS) is 10.2. The molecule has 0 bridgehead atoms. The number of carboxylic acid groups (broad SMARTS) is 2. The van der Waals surface area contributed by atoms with Gasteiger partial charge in [-0.05, 0) is 35.9 Å². The summed E-state index contributed by atoms with van der Waals surface area (Å²) in [5, 5.41) is 17.6. The van der Waals surface area contributed by atoms with Crippen LogP contribution in [0, 0.1) is 5.82 Å². The second-order valence-corrected chi connectivity index (χ2v) is 3.88. The lowest BCUT2D eigenvalue weighted by molar-refractivity contribution is 0.0686. The average Bonchev–Trinajstić information content (AvgIpc) is 2.39. The van der Waals surface area contributed by atoms with Gasteiger partial charge in [0.15, 0.2) is 0 Å². The monoisotopic (exact) mass is 260 g/mol. The predicted octanol–water partition coefficient (Wildman–Crippen LogP) is 2.89. The Hall–Kier alpha value is -2.69. The molecule has 0 aliphatic heterocycles. The molecule has 5 heteroatoms. The second-order valence-electron chi connectivity index (χ2n) is 3.88. The van der Waals surface area contributed by atoms with Crippen LogP contribution < -0.4 is 0 Å². The molecule has 0 fully saturated rings. The molecule has 0 spiro atoms. The van der Waals surface area contributed by atoms with Crippen molar-refractivity contribution in [1.82, 2.24) is 0 Å². The summed E-state index contributed by atoms with van der Waals surface area (Å²) in [7, 11) is 0. The molecule has 0 amide bonds. The Morgan fingerprint density at radius 3 is 1.89 bits per heavy atom. The average molecular weight is 260 g/mol. The molecule has 2 aromatic carbocycles. The summed E-state index contributed by atoms with van der Waals surface area (Å²) in [6, 6.07) is 9.01. The summed E-state index contributed by atoms with van der Waals surface area (Å²) in [4.78, 5) is 21.5. The first-order valence-electron chi connectivity index (χ1n) is 5.35. The molecule has 4 nitrogen and oxygen atoms in total. The fourth-order valence-corrected chi connectivity index (χ4v) is 1.67. The first-order chi connectivity index (χ1) is 8.99. The molecule has 0 aliphatic carbocycles. The Morgan fingerprint density at radius 1 is 0.842 bits per heavy atom. The molecule has 0 unspecified atom stereocenters. The smallest absolute Gasteiger partial charge is 0.335 e. The van der Waals surface area contributed by atoms with Gasteiger partial charge >= 0.3 is 11.9 Å². The lowest BCUT2D eigenvalue weighted by atomic mass is 10.0. The van der Waals surface area contributed by atoms with E-state index in [1.54, 1.807) is 0 Å². The minimum absolute atomic E-state index is 0.0290. The van der Waals surface area contributed by atoms with Crippen molar-refractivity contribution >= 4 is 11.9 Å². The van der Waals surface area contributed by atoms with E-state index in [2.05, 4.69) is 0 Å². The van der Waals surface area contributed by atoms with E-state index in [0.717, 1.165) is 6.07 Å². The highest BCUT2D eigenvalue weighted by Crippen LogP contribution is 2.24. The largest absolute Gasteiger partial charge is 0.478 e. The molecular formula is C14H9FO4. The van der Waals surface area contributed by atoms with Gasteiger partial charge in [-0.1, -0.05) is 12.1 Å². The van der Waals surface area contributed by atoms with Crippen molar-refractivity contribution in [3.63, 3.8) is 0 Å². The molecule has 2 aromatic rings. The van der Waals surface area contributed by atoms with Crippen LogP contribution >= 0.6 is 0 Å². The van der Waals surface area contributed by atoms with E-state index in [0.29, 0.717) is 5.56 Å². The zero-order valence-corrected chi connectivity index (χ0v) is 9.63. The Kier molecular flexibility index (Phi) is 3.29. The molecule has 0 atom stereocenters. The maximum Gasteiger partial charge on any atom is 0.335 e. The highest BCUT2D eigenvalue weighted by molar-refractivity contribution is 5.90.